The SMILES string of the molecule is COC(=O)C1(C)N(S(=O)Oc2ccc(OC)cc2)Cc2ccccc2N(C)C1(C)C. The minimum Gasteiger partial charge on any atom is -0.497 e. The van der Waals surface area contributed by atoms with Gasteiger partial charge in [-0.05, 0) is 56.7 Å². The Morgan fingerprint density at radius 3 is 2.20 bits per heavy atom. The maximum absolute atomic E-state index is 13.5. The molecule has 0 fully saturated rings. The number of para-hydroxylation sites is 1. The number of likely N-dealkylation sites (N-methyl/N-ethyl adjacent to an activating group) is 1. The predicted octanol–water partition coefficient (Wildman–Crippen LogP) is 3.32. The molecule has 0 amide bonds. The van der Waals surface area contributed by atoms with E-state index in [2.05, 4.69) is 0 Å². The first-order valence-electron chi connectivity index (χ1n) is 9.59. The highest BCUT2D eigenvalue weighted by atomic mass is 32.2. The van der Waals surface area contributed by atoms with Crippen LogP contribution in [0.2, 0.25) is 0 Å². The van der Waals surface area contributed by atoms with Crippen LogP contribution in [-0.4, -0.2) is 46.8 Å². The maximum atomic E-state index is 13.5. The number of esters is 1. The summed E-state index contributed by atoms with van der Waals surface area (Å²) in [5.41, 5.74) is -0.146. The summed E-state index contributed by atoms with van der Waals surface area (Å²) in [5, 5.41) is 0. The van der Waals surface area contributed by atoms with E-state index in [4.69, 9.17) is 13.7 Å². The number of carbonyl (C=O) groups is 1. The third kappa shape index (κ3) is 3.54. The summed E-state index contributed by atoms with van der Waals surface area (Å²) in [6.07, 6.45) is 0. The summed E-state index contributed by atoms with van der Waals surface area (Å²) in [5.74, 6) is 0.586. The molecule has 1 aliphatic heterocycles. The van der Waals surface area contributed by atoms with Crippen LogP contribution in [0.5, 0.6) is 11.5 Å². The summed E-state index contributed by atoms with van der Waals surface area (Å²) in [6, 6.07) is 14.6. The second-order valence-electron chi connectivity index (χ2n) is 7.82. The molecule has 162 valence electrons. The summed E-state index contributed by atoms with van der Waals surface area (Å²) < 4.78 is 31.1. The molecule has 2 aromatic rings. The van der Waals surface area contributed by atoms with Crippen molar-refractivity contribution in [2.75, 3.05) is 26.2 Å². The second kappa shape index (κ2) is 8.28. The van der Waals surface area contributed by atoms with Crippen molar-refractivity contribution in [1.82, 2.24) is 4.31 Å². The second-order valence-corrected chi connectivity index (χ2v) is 8.86. The van der Waals surface area contributed by atoms with Gasteiger partial charge in [0.1, 0.15) is 11.5 Å². The Hall–Kier alpha value is -2.58. The molecule has 30 heavy (non-hydrogen) atoms. The van der Waals surface area contributed by atoms with E-state index in [9.17, 15) is 9.00 Å². The third-order valence-electron chi connectivity index (χ3n) is 6.19. The number of nitrogens with zero attached hydrogens (tertiary/aromatic N) is 2. The average Bonchev–Trinajstić information content (AvgIpc) is 2.82. The average molecular weight is 433 g/mol. The fourth-order valence-corrected chi connectivity index (χ4v) is 4.93. The Labute approximate surface area is 180 Å². The largest absolute Gasteiger partial charge is 0.497 e. The highest BCUT2D eigenvalue weighted by Gasteiger charge is 2.59. The van der Waals surface area contributed by atoms with Crippen LogP contribution in [0.15, 0.2) is 48.5 Å². The van der Waals surface area contributed by atoms with Crippen molar-refractivity contribution in [3.8, 4) is 11.5 Å². The van der Waals surface area contributed by atoms with Gasteiger partial charge in [0.25, 0.3) is 11.3 Å². The van der Waals surface area contributed by atoms with Crippen molar-refractivity contribution in [3.63, 3.8) is 0 Å². The molecule has 1 aliphatic rings. The predicted molar refractivity (Wildman–Crippen MR) is 117 cm³/mol. The fraction of sp³-hybridized carbons (Fsp3) is 0.409. The zero-order valence-corrected chi connectivity index (χ0v) is 19.0. The minimum absolute atomic E-state index is 0.248. The number of hydrogen-bond acceptors (Lipinski definition) is 6. The van der Waals surface area contributed by atoms with Gasteiger partial charge in [-0.15, -0.1) is 0 Å². The summed E-state index contributed by atoms with van der Waals surface area (Å²) in [4.78, 5) is 15.1. The van der Waals surface area contributed by atoms with E-state index in [1.807, 2.05) is 50.1 Å². The van der Waals surface area contributed by atoms with Gasteiger partial charge in [-0.3, -0.25) is 0 Å². The van der Waals surface area contributed by atoms with E-state index < -0.39 is 28.3 Å². The van der Waals surface area contributed by atoms with Crippen LogP contribution in [0, 0.1) is 0 Å². The van der Waals surface area contributed by atoms with Crippen molar-refractivity contribution in [2.24, 2.45) is 0 Å². The molecule has 0 aliphatic carbocycles. The fourth-order valence-electron chi connectivity index (χ4n) is 3.73. The Kier molecular flexibility index (Phi) is 6.10. The number of ether oxygens (including phenoxy) is 2. The van der Waals surface area contributed by atoms with Gasteiger partial charge in [0.15, 0.2) is 5.54 Å². The lowest BCUT2D eigenvalue weighted by atomic mass is 9.79. The monoisotopic (exact) mass is 432 g/mol. The number of carbonyl (C=O) groups excluding carboxylic acids is 1. The first-order chi connectivity index (χ1) is 14.2. The zero-order chi connectivity index (χ0) is 22.1. The van der Waals surface area contributed by atoms with Gasteiger partial charge in [-0.1, -0.05) is 18.2 Å². The standard InChI is InChI=1S/C22H28N2O5S/c1-21(2)22(3,20(25)28-6)24(15-16-9-7-8-10-19(16)23(21)4)30(26)29-18-13-11-17(27-5)12-14-18/h7-14H,15H2,1-6H3. The van der Waals surface area contributed by atoms with Crippen molar-refractivity contribution >= 4 is 22.9 Å². The van der Waals surface area contributed by atoms with E-state index in [-0.39, 0.29) is 6.54 Å². The summed E-state index contributed by atoms with van der Waals surface area (Å²) >= 11 is -1.97. The maximum Gasteiger partial charge on any atom is 0.329 e. The number of benzene rings is 2. The molecule has 0 radical (unpaired) electrons. The normalized spacial score (nSPS) is 21.9. The van der Waals surface area contributed by atoms with Crippen LogP contribution in [0.1, 0.15) is 26.3 Å². The van der Waals surface area contributed by atoms with Gasteiger partial charge >= 0.3 is 5.97 Å². The molecular formula is C22H28N2O5S. The quantitative estimate of drug-likeness (QED) is 0.676. The molecule has 3 rings (SSSR count). The third-order valence-corrected chi connectivity index (χ3v) is 7.37. The highest BCUT2D eigenvalue weighted by Crippen LogP contribution is 2.43. The smallest absolute Gasteiger partial charge is 0.329 e. The van der Waals surface area contributed by atoms with E-state index in [1.165, 1.54) is 7.11 Å². The van der Waals surface area contributed by atoms with Crippen molar-refractivity contribution < 1.29 is 22.7 Å². The summed E-state index contributed by atoms with van der Waals surface area (Å²) in [7, 11) is 4.84. The molecule has 7 nitrogen and oxygen atoms in total. The highest BCUT2D eigenvalue weighted by molar-refractivity contribution is 7.78. The Morgan fingerprint density at radius 1 is 1.00 bits per heavy atom. The number of hydrogen-bond donors (Lipinski definition) is 0. The molecule has 0 bridgehead atoms. The van der Waals surface area contributed by atoms with Crippen molar-refractivity contribution in [3.05, 3.63) is 54.1 Å². The number of methoxy groups -OCH3 is 2. The number of anilines is 1. The molecule has 2 atom stereocenters. The summed E-state index contributed by atoms with van der Waals surface area (Å²) in [6.45, 7) is 5.86. The zero-order valence-electron chi connectivity index (χ0n) is 18.2. The van der Waals surface area contributed by atoms with E-state index in [0.29, 0.717) is 11.5 Å². The van der Waals surface area contributed by atoms with Crippen LogP contribution in [0.25, 0.3) is 0 Å². The van der Waals surface area contributed by atoms with Gasteiger partial charge in [-0.25, -0.2) is 4.79 Å². The van der Waals surface area contributed by atoms with Gasteiger partial charge in [0.2, 0.25) is 0 Å². The van der Waals surface area contributed by atoms with Gasteiger partial charge < -0.3 is 18.6 Å². The molecule has 0 N–H and O–H groups in total. The van der Waals surface area contributed by atoms with E-state index >= 15 is 0 Å². The van der Waals surface area contributed by atoms with Crippen LogP contribution in [0.3, 0.4) is 0 Å². The van der Waals surface area contributed by atoms with Crippen molar-refractivity contribution in [2.45, 2.75) is 38.4 Å². The van der Waals surface area contributed by atoms with Crippen LogP contribution >= 0.6 is 0 Å². The number of fused-ring (bicyclic) bond motifs is 1. The van der Waals surface area contributed by atoms with Crippen LogP contribution in [0.4, 0.5) is 5.69 Å². The Morgan fingerprint density at radius 2 is 1.60 bits per heavy atom. The Balaban J connectivity index is 2.07. The topological polar surface area (TPSA) is 68.3 Å². The van der Waals surface area contributed by atoms with Crippen LogP contribution in [-0.2, 0) is 27.3 Å². The van der Waals surface area contributed by atoms with E-state index in [0.717, 1.165) is 11.3 Å². The van der Waals surface area contributed by atoms with Gasteiger partial charge in [-0.2, -0.15) is 8.51 Å². The lowest BCUT2D eigenvalue weighted by Gasteiger charge is -2.49. The lowest BCUT2D eigenvalue weighted by molar-refractivity contribution is -0.155. The molecule has 2 aromatic carbocycles. The van der Waals surface area contributed by atoms with Crippen LogP contribution < -0.4 is 13.8 Å². The lowest BCUT2D eigenvalue weighted by Crippen LogP contribution is -2.69. The Bertz CT molecular complexity index is 947. The van der Waals surface area contributed by atoms with Gasteiger partial charge in [0, 0.05) is 19.3 Å². The molecule has 0 spiro atoms. The van der Waals surface area contributed by atoms with E-state index in [1.54, 1.807) is 42.6 Å². The minimum atomic E-state index is -1.97. The first kappa shape index (κ1) is 22.1. The van der Waals surface area contributed by atoms with Crippen molar-refractivity contribution in [1.29, 1.82) is 0 Å². The molecule has 0 saturated carbocycles. The number of rotatable bonds is 5. The molecule has 8 heteroatoms. The molecular weight excluding hydrogens is 404 g/mol. The molecule has 1 heterocycles. The molecule has 2 unspecified atom stereocenters. The molecule has 0 saturated heterocycles. The first-order valence-corrected chi connectivity index (χ1v) is 10.6. The van der Waals surface area contributed by atoms with Gasteiger partial charge in [0.05, 0.1) is 19.8 Å². The molecule has 0 aromatic heterocycles.